The van der Waals surface area contributed by atoms with Crippen molar-refractivity contribution in [2.24, 2.45) is 0 Å². The van der Waals surface area contributed by atoms with Crippen molar-refractivity contribution in [2.75, 3.05) is 84.6 Å². The first-order chi connectivity index (χ1) is 25.5. The molecular formula is C46H65Cl2I4N4SiZr+4. The first kappa shape index (κ1) is 48.3. The van der Waals surface area contributed by atoms with E-state index in [0.717, 1.165) is 17.9 Å². The van der Waals surface area contributed by atoms with E-state index in [1.165, 1.54) is 78.4 Å². The Labute approximate surface area is 382 Å². The average molecular weight is 1370 g/mol. The number of nitrogens with zero attached hydrogens (tertiary/aromatic N) is 4. The molecule has 2 atom stereocenters. The second kappa shape index (κ2) is 11.8. The Hall–Kier alpha value is 0.800. The third kappa shape index (κ3) is 7.19. The van der Waals surface area contributed by atoms with Crippen molar-refractivity contribution in [3.05, 3.63) is 106 Å². The SMILES string of the molecule is CC1=Cc2c(-c3cc([N+](C)(C)C)cc([N+](C)(C)C)c3)cccc2[CH]1[Zr]([Cl])([Cl])([I])([I])([I])([I])([CH]1C(C)=Cc2c(-c3cc([N+](C)(C)C)cc([N+](C)(C)C)c3)cccc21)[SiH](C)C. The number of hydrogen-bond acceptors (Lipinski definition) is 0. The molecular weight excluding hydrogens is 1310 g/mol. The summed E-state index contributed by atoms with van der Waals surface area (Å²) in [6, 6.07) is 28.0. The van der Waals surface area contributed by atoms with Gasteiger partial charge in [0.25, 0.3) is 0 Å². The van der Waals surface area contributed by atoms with Gasteiger partial charge in [0.1, 0.15) is 0 Å². The van der Waals surface area contributed by atoms with Crippen LogP contribution in [0.4, 0.5) is 22.7 Å². The molecule has 58 heavy (non-hydrogen) atoms. The maximum absolute atomic E-state index is 9.59. The minimum absolute atomic E-state index is 0.267. The van der Waals surface area contributed by atoms with Gasteiger partial charge in [-0.1, -0.05) is 0 Å². The van der Waals surface area contributed by atoms with Crippen LogP contribution in [0.25, 0.3) is 34.4 Å². The average Bonchev–Trinajstić information content (AvgIpc) is 3.60. The summed E-state index contributed by atoms with van der Waals surface area (Å²) in [4.78, 5) is 0. The van der Waals surface area contributed by atoms with Gasteiger partial charge in [0, 0.05) is 0 Å². The zero-order chi connectivity index (χ0) is 44.0. The van der Waals surface area contributed by atoms with Crippen molar-refractivity contribution < 1.29 is -7.14 Å². The van der Waals surface area contributed by atoms with Gasteiger partial charge in [-0.05, 0) is 0 Å². The van der Waals surface area contributed by atoms with Crippen LogP contribution in [-0.4, -0.2) is 90.5 Å². The molecule has 12 heteroatoms. The van der Waals surface area contributed by atoms with E-state index in [9.17, 15) is 17.0 Å². The number of quaternary nitrogens is 4. The normalized spacial score (nSPS) is 21.4. The predicted octanol–water partition coefficient (Wildman–Crippen LogP) is 14.9. The molecule has 0 heterocycles. The third-order valence-electron chi connectivity index (χ3n) is 14.0. The summed E-state index contributed by atoms with van der Waals surface area (Å²) in [5.74, 6) is -2.23. The van der Waals surface area contributed by atoms with Crippen molar-refractivity contribution >= 4 is 130 Å². The first-order valence-corrected chi connectivity index (χ1v) is 65.7. The molecule has 0 N–H and O–H groups in total. The fraction of sp³-hybridized carbons (Fsp3) is 0.391. The van der Waals surface area contributed by atoms with E-state index >= 15 is 0 Å². The number of allylic oxidation sites excluding steroid dienone is 2. The molecule has 2 aliphatic carbocycles. The van der Waals surface area contributed by atoms with Crippen LogP contribution in [0.2, 0.25) is 13.1 Å². The van der Waals surface area contributed by atoms with Crippen molar-refractivity contribution in [1.82, 2.24) is 17.9 Å². The van der Waals surface area contributed by atoms with Gasteiger partial charge in [-0.25, -0.2) is 0 Å². The summed E-state index contributed by atoms with van der Waals surface area (Å²) in [6.45, 7) is 9.43. The van der Waals surface area contributed by atoms with Crippen molar-refractivity contribution in [2.45, 2.75) is 34.2 Å². The van der Waals surface area contributed by atoms with Gasteiger partial charge in [-0.15, -0.1) is 0 Å². The van der Waals surface area contributed by atoms with Crippen LogP contribution in [0.15, 0.2) is 83.9 Å². The molecule has 0 aromatic heterocycles. The Morgan fingerprint density at radius 1 is 0.483 bits per heavy atom. The molecule has 2 unspecified atom stereocenters. The standard InChI is InChI=1S/2C22H29N2.C2H7Si.2ClH.4HI.Zr/c2*1-16-11-17-9-8-10-21(22(17)12-16)18-13-19(23(2,3)4)15-20(14-18)24(5,6)7;1-3-2;;;;;;;/h2*8-15H,1-7H3;3H,1-2H3;6*1H;/q2*+2;;;;;;;;+6/p-6. The molecule has 0 radical (unpaired) electrons. The molecule has 0 saturated heterocycles. The van der Waals surface area contributed by atoms with E-state index in [-0.39, 0.29) is 7.25 Å². The molecule has 4 nitrogen and oxygen atoms in total. The maximum atomic E-state index is 9.59. The quantitative estimate of drug-likeness (QED) is 0.0890. The Kier molecular flexibility index (Phi) is 9.80. The van der Waals surface area contributed by atoms with Crippen LogP contribution in [0.3, 0.4) is 0 Å². The third-order valence-corrected chi connectivity index (χ3v) is 203. The van der Waals surface area contributed by atoms with Crippen molar-refractivity contribution in [3.8, 4) is 22.3 Å². The van der Waals surface area contributed by atoms with Crippen LogP contribution < -0.4 is 17.9 Å². The Bertz CT molecular complexity index is 2380. The Morgan fingerprint density at radius 2 is 0.759 bits per heavy atom. The van der Waals surface area contributed by atoms with E-state index in [2.05, 4.69) is 269 Å². The second-order valence-corrected chi connectivity index (χ2v) is 331. The molecule has 0 spiro atoms. The first-order valence-electron chi connectivity index (χ1n) is 20.2. The number of hydrogen-bond donors (Lipinski definition) is 0. The fourth-order valence-corrected chi connectivity index (χ4v) is 87.9. The van der Waals surface area contributed by atoms with E-state index in [1.54, 1.807) is 0 Å². The van der Waals surface area contributed by atoms with Crippen LogP contribution in [0.1, 0.15) is 43.4 Å². The van der Waals surface area contributed by atoms with Gasteiger partial charge in [0.15, 0.2) is 0 Å². The van der Waals surface area contributed by atoms with Crippen molar-refractivity contribution in [1.29, 1.82) is 0 Å². The Balaban J connectivity index is 1.70. The molecule has 0 aliphatic heterocycles. The molecule has 2 aliphatic rings. The van der Waals surface area contributed by atoms with Crippen molar-refractivity contribution in [3.63, 3.8) is 0 Å². The molecule has 4 aromatic rings. The van der Waals surface area contributed by atoms with Crippen LogP contribution in [-0.2, 0) is -7.14 Å². The topological polar surface area (TPSA) is 0 Å². The van der Waals surface area contributed by atoms with Crippen LogP contribution in [0.5, 0.6) is 0 Å². The van der Waals surface area contributed by atoms with Gasteiger partial charge >= 0.3 is 388 Å². The molecule has 0 amide bonds. The number of halogens is 6. The number of fused-ring (bicyclic) bond motifs is 2. The summed E-state index contributed by atoms with van der Waals surface area (Å²) in [5.41, 5.74) is 17.3. The van der Waals surface area contributed by atoms with Crippen LogP contribution in [0, 0.1) is 0 Å². The summed E-state index contributed by atoms with van der Waals surface area (Å²) in [5, 5.41) is 0. The second-order valence-electron chi connectivity index (χ2n) is 22.5. The Morgan fingerprint density at radius 3 is 1.00 bits per heavy atom. The summed E-state index contributed by atoms with van der Waals surface area (Å²) in [6.07, 6.45) is 4.85. The molecule has 0 bridgehead atoms. The van der Waals surface area contributed by atoms with Gasteiger partial charge < -0.3 is 0 Å². The molecule has 0 saturated carbocycles. The molecule has 0 fully saturated rings. The van der Waals surface area contributed by atoms with Gasteiger partial charge in [0.05, 0.1) is 0 Å². The zero-order valence-corrected chi connectivity index (χ0v) is 51.1. The van der Waals surface area contributed by atoms with Crippen LogP contribution >= 0.6 is 89.2 Å². The summed E-state index contributed by atoms with van der Waals surface area (Å²) in [7, 11) is 46.1. The monoisotopic (exact) mass is 1370 g/mol. The van der Waals surface area contributed by atoms with E-state index in [1.807, 2.05) is 0 Å². The summed E-state index contributed by atoms with van der Waals surface area (Å²) < 4.78 is -5.01. The molecule has 315 valence electrons. The summed E-state index contributed by atoms with van der Waals surface area (Å²) >= 11 is 11.2. The van der Waals surface area contributed by atoms with E-state index in [4.69, 9.17) is 0 Å². The predicted molar refractivity (Wildman–Crippen MR) is 301 cm³/mol. The fourth-order valence-electron chi connectivity index (χ4n) is 10.1. The van der Waals surface area contributed by atoms with E-state index in [0.29, 0.717) is 0 Å². The molecule has 6 rings (SSSR count). The molecule has 4 aromatic carbocycles. The van der Waals surface area contributed by atoms with Gasteiger partial charge in [-0.3, -0.25) is 0 Å². The zero-order valence-electron chi connectivity index (χ0n) is 37.4. The number of rotatable bonds is 9. The van der Waals surface area contributed by atoms with Gasteiger partial charge in [0.2, 0.25) is 0 Å². The minimum atomic E-state index is -7.39. The number of benzene rings is 4. The van der Waals surface area contributed by atoms with Gasteiger partial charge in [-0.2, -0.15) is 0 Å². The van der Waals surface area contributed by atoms with E-state index < -0.39 is -1.22 Å².